The molecule has 23 heavy (non-hydrogen) atoms. The van der Waals surface area contributed by atoms with Crippen molar-refractivity contribution in [3.05, 3.63) is 35.3 Å². The van der Waals surface area contributed by atoms with E-state index in [1.807, 2.05) is 29.6 Å². The van der Waals surface area contributed by atoms with E-state index in [2.05, 4.69) is 22.5 Å². The second-order valence-corrected chi connectivity index (χ2v) is 6.59. The Morgan fingerprint density at radius 1 is 1.39 bits per heavy atom. The molecule has 2 heterocycles. The van der Waals surface area contributed by atoms with Gasteiger partial charge < -0.3 is 15.4 Å². The summed E-state index contributed by atoms with van der Waals surface area (Å²) in [6, 6.07) is 8.16. The van der Waals surface area contributed by atoms with E-state index in [1.165, 1.54) is 11.3 Å². The van der Waals surface area contributed by atoms with Crippen LogP contribution >= 0.6 is 11.3 Å². The van der Waals surface area contributed by atoms with Crippen molar-refractivity contribution in [3.8, 4) is 16.3 Å². The summed E-state index contributed by atoms with van der Waals surface area (Å²) in [7, 11) is 1.64. The van der Waals surface area contributed by atoms with Crippen molar-refractivity contribution in [1.29, 1.82) is 0 Å². The molecule has 2 aromatic rings. The maximum Gasteiger partial charge on any atom is 0.271 e. The lowest BCUT2D eigenvalue weighted by Crippen LogP contribution is -2.51. The monoisotopic (exact) mass is 331 g/mol. The molecule has 1 fully saturated rings. The van der Waals surface area contributed by atoms with Gasteiger partial charge in [-0.05, 0) is 50.6 Å². The Hall–Kier alpha value is -1.92. The molecule has 122 valence electrons. The van der Waals surface area contributed by atoms with Crippen molar-refractivity contribution in [2.45, 2.75) is 31.8 Å². The van der Waals surface area contributed by atoms with E-state index in [0.29, 0.717) is 11.7 Å². The maximum atomic E-state index is 12.4. The van der Waals surface area contributed by atoms with E-state index < -0.39 is 0 Å². The molecule has 5 nitrogen and oxygen atoms in total. The number of piperidine rings is 1. The number of methoxy groups -OCH3 is 1. The molecule has 1 saturated heterocycles. The highest BCUT2D eigenvalue weighted by Crippen LogP contribution is 2.25. The van der Waals surface area contributed by atoms with Crippen LogP contribution in [0.4, 0.5) is 0 Å². The summed E-state index contributed by atoms with van der Waals surface area (Å²) in [5.74, 6) is 0.712. The Morgan fingerprint density at radius 2 is 2.17 bits per heavy atom. The zero-order valence-corrected chi connectivity index (χ0v) is 14.2. The van der Waals surface area contributed by atoms with Crippen LogP contribution < -0.4 is 15.4 Å². The molecule has 2 N–H and O–H groups in total. The lowest BCUT2D eigenvalue weighted by atomic mass is 10.00. The van der Waals surface area contributed by atoms with Crippen molar-refractivity contribution in [2.75, 3.05) is 13.7 Å². The number of rotatable bonds is 4. The Kier molecular flexibility index (Phi) is 4.93. The van der Waals surface area contributed by atoms with E-state index in [9.17, 15) is 4.79 Å². The van der Waals surface area contributed by atoms with Gasteiger partial charge in [0.1, 0.15) is 16.5 Å². The van der Waals surface area contributed by atoms with Gasteiger partial charge >= 0.3 is 0 Å². The first kappa shape index (κ1) is 16.0. The Bertz CT molecular complexity index is 669. The maximum absolute atomic E-state index is 12.4. The van der Waals surface area contributed by atoms with Crippen molar-refractivity contribution in [1.82, 2.24) is 15.6 Å². The number of thiazole rings is 1. The molecule has 1 aromatic carbocycles. The van der Waals surface area contributed by atoms with Gasteiger partial charge in [-0.15, -0.1) is 11.3 Å². The van der Waals surface area contributed by atoms with E-state index >= 15 is 0 Å². The Morgan fingerprint density at radius 3 is 2.87 bits per heavy atom. The topological polar surface area (TPSA) is 63.2 Å². The molecule has 1 amide bonds. The third kappa shape index (κ3) is 3.71. The van der Waals surface area contributed by atoms with Crippen molar-refractivity contribution < 1.29 is 9.53 Å². The second-order valence-electron chi connectivity index (χ2n) is 5.73. The molecular formula is C17H21N3O2S. The number of nitrogens with one attached hydrogen (secondary N) is 2. The summed E-state index contributed by atoms with van der Waals surface area (Å²) in [5, 5.41) is 9.13. The summed E-state index contributed by atoms with van der Waals surface area (Å²) in [5.41, 5.74) is 1.47. The van der Waals surface area contributed by atoms with Gasteiger partial charge in [0.05, 0.1) is 7.11 Å². The molecule has 3 rings (SSSR count). The summed E-state index contributed by atoms with van der Waals surface area (Å²) in [6.07, 6.45) is 2.10. The molecule has 1 aliphatic rings. The second kappa shape index (κ2) is 7.10. The van der Waals surface area contributed by atoms with Crippen LogP contribution in [0.5, 0.6) is 5.75 Å². The van der Waals surface area contributed by atoms with Crippen molar-refractivity contribution in [3.63, 3.8) is 0 Å². The molecule has 0 spiro atoms. The Balaban J connectivity index is 1.69. The van der Waals surface area contributed by atoms with E-state index in [1.54, 1.807) is 7.11 Å². The number of nitrogens with zero attached hydrogens (tertiary/aromatic N) is 1. The number of aromatic nitrogens is 1. The van der Waals surface area contributed by atoms with Gasteiger partial charge in [-0.25, -0.2) is 4.98 Å². The van der Waals surface area contributed by atoms with E-state index in [-0.39, 0.29) is 11.9 Å². The fraction of sp³-hybridized carbons (Fsp3) is 0.412. The average molecular weight is 331 g/mol. The van der Waals surface area contributed by atoms with Crippen LogP contribution in [-0.4, -0.2) is 36.6 Å². The lowest BCUT2D eigenvalue weighted by Gasteiger charge is -2.30. The fourth-order valence-corrected chi connectivity index (χ4v) is 3.53. The zero-order chi connectivity index (χ0) is 16.2. The van der Waals surface area contributed by atoms with Gasteiger partial charge in [0.15, 0.2) is 0 Å². The number of amides is 1. The predicted octanol–water partition coefficient (Wildman–Crippen LogP) is 2.69. The van der Waals surface area contributed by atoms with Crippen molar-refractivity contribution in [2.24, 2.45) is 0 Å². The summed E-state index contributed by atoms with van der Waals surface area (Å²) in [6.45, 7) is 3.12. The van der Waals surface area contributed by atoms with Gasteiger partial charge in [0.2, 0.25) is 0 Å². The van der Waals surface area contributed by atoms with E-state index in [0.717, 1.165) is 35.7 Å². The fourth-order valence-electron chi connectivity index (χ4n) is 2.73. The minimum Gasteiger partial charge on any atom is -0.497 e. The smallest absolute Gasteiger partial charge is 0.271 e. The molecule has 6 heteroatoms. The zero-order valence-electron chi connectivity index (χ0n) is 13.3. The number of ether oxygens (including phenoxy) is 1. The third-order valence-corrected chi connectivity index (χ3v) is 5.04. The first-order chi connectivity index (χ1) is 11.2. The molecule has 0 bridgehead atoms. The van der Waals surface area contributed by atoms with Crippen LogP contribution in [0.2, 0.25) is 0 Å². The molecule has 0 aliphatic carbocycles. The van der Waals surface area contributed by atoms with Crippen molar-refractivity contribution >= 4 is 17.2 Å². The van der Waals surface area contributed by atoms with Crippen LogP contribution in [0, 0.1) is 0 Å². The minimum absolute atomic E-state index is 0.0958. The molecular weight excluding hydrogens is 310 g/mol. The molecule has 2 atom stereocenters. The SMILES string of the molecule is COc1ccc(-c2nc(C(=O)NC3CCCNC3C)cs2)cc1. The standard InChI is InChI=1S/C17H21N3O2S/c1-11-14(4-3-9-18-11)19-16(21)15-10-23-17(20-15)12-5-7-13(22-2)8-6-12/h5-8,10-11,14,18H,3-4,9H2,1-2H3,(H,19,21). The number of hydrogen-bond donors (Lipinski definition) is 2. The van der Waals surface area contributed by atoms with Gasteiger partial charge in [-0.1, -0.05) is 0 Å². The molecule has 0 saturated carbocycles. The van der Waals surface area contributed by atoms with Crippen LogP contribution in [-0.2, 0) is 0 Å². The predicted molar refractivity (Wildman–Crippen MR) is 92.1 cm³/mol. The lowest BCUT2D eigenvalue weighted by molar-refractivity contribution is 0.0915. The number of benzene rings is 1. The van der Waals surface area contributed by atoms with E-state index in [4.69, 9.17) is 4.74 Å². The molecule has 1 aromatic heterocycles. The molecule has 1 aliphatic heterocycles. The first-order valence-electron chi connectivity index (χ1n) is 7.81. The highest BCUT2D eigenvalue weighted by Gasteiger charge is 2.23. The summed E-state index contributed by atoms with van der Waals surface area (Å²) >= 11 is 1.48. The van der Waals surface area contributed by atoms with Crippen LogP contribution in [0.25, 0.3) is 10.6 Å². The van der Waals surface area contributed by atoms with Gasteiger partial charge in [-0.2, -0.15) is 0 Å². The first-order valence-corrected chi connectivity index (χ1v) is 8.69. The van der Waals surface area contributed by atoms with Gasteiger partial charge in [0.25, 0.3) is 5.91 Å². The summed E-state index contributed by atoms with van der Waals surface area (Å²) < 4.78 is 5.16. The summed E-state index contributed by atoms with van der Waals surface area (Å²) in [4.78, 5) is 16.9. The third-order valence-electron chi connectivity index (χ3n) is 4.15. The average Bonchev–Trinajstić information content (AvgIpc) is 3.07. The molecule has 0 radical (unpaired) electrons. The van der Waals surface area contributed by atoms with Gasteiger partial charge in [0, 0.05) is 23.0 Å². The van der Waals surface area contributed by atoms with Crippen LogP contribution in [0.15, 0.2) is 29.6 Å². The molecule has 2 unspecified atom stereocenters. The quantitative estimate of drug-likeness (QED) is 0.904. The normalized spacial score (nSPS) is 21.0. The Labute approximate surface area is 140 Å². The highest BCUT2D eigenvalue weighted by molar-refractivity contribution is 7.13. The van der Waals surface area contributed by atoms with Crippen LogP contribution in [0.1, 0.15) is 30.3 Å². The number of carbonyl (C=O) groups is 1. The number of hydrogen-bond acceptors (Lipinski definition) is 5. The largest absolute Gasteiger partial charge is 0.497 e. The van der Waals surface area contributed by atoms with Gasteiger partial charge in [-0.3, -0.25) is 4.79 Å². The van der Waals surface area contributed by atoms with Crippen LogP contribution in [0.3, 0.4) is 0 Å². The number of carbonyl (C=O) groups excluding carboxylic acids is 1. The minimum atomic E-state index is -0.0958. The highest BCUT2D eigenvalue weighted by atomic mass is 32.1.